The van der Waals surface area contributed by atoms with E-state index in [9.17, 15) is 9.18 Å². The van der Waals surface area contributed by atoms with E-state index in [0.29, 0.717) is 25.2 Å². The first kappa shape index (κ1) is 14.6. The molecule has 0 aliphatic heterocycles. The Kier molecular flexibility index (Phi) is 6.36. The maximum Gasteiger partial charge on any atom is 0.130 e. The average Bonchev–Trinajstić information content (AvgIpc) is 2.32. The third-order valence-electron chi connectivity index (χ3n) is 2.49. The molecule has 4 heteroatoms. The van der Waals surface area contributed by atoms with Crippen LogP contribution in [0.25, 0.3) is 0 Å². The Morgan fingerprint density at radius 3 is 2.83 bits per heavy atom. The molecular formula is C14H20FNO2. The minimum Gasteiger partial charge on any atom is -0.492 e. The third-order valence-corrected chi connectivity index (χ3v) is 2.49. The number of carbonyl (C=O) groups is 1. The van der Waals surface area contributed by atoms with E-state index in [1.54, 1.807) is 6.07 Å². The molecular weight excluding hydrogens is 233 g/mol. The summed E-state index contributed by atoms with van der Waals surface area (Å²) in [6.45, 7) is 5.67. The summed E-state index contributed by atoms with van der Waals surface area (Å²) in [7, 11) is 0. The maximum absolute atomic E-state index is 13.3. The molecule has 0 unspecified atom stereocenters. The summed E-state index contributed by atoms with van der Waals surface area (Å²) < 4.78 is 18.8. The predicted octanol–water partition coefficient (Wildman–Crippen LogP) is 2.34. The highest BCUT2D eigenvalue weighted by Crippen LogP contribution is 2.17. The monoisotopic (exact) mass is 253 g/mol. The molecule has 0 aliphatic carbocycles. The molecule has 3 nitrogen and oxygen atoms in total. The highest BCUT2D eigenvalue weighted by molar-refractivity contribution is 5.75. The van der Waals surface area contributed by atoms with Crippen molar-refractivity contribution in [3.05, 3.63) is 29.6 Å². The van der Waals surface area contributed by atoms with Crippen molar-refractivity contribution in [2.75, 3.05) is 19.7 Å². The Morgan fingerprint density at radius 2 is 2.17 bits per heavy atom. The van der Waals surface area contributed by atoms with E-state index in [0.717, 1.165) is 18.7 Å². The van der Waals surface area contributed by atoms with Crippen molar-refractivity contribution in [2.45, 2.75) is 26.7 Å². The van der Waals surface area contributed by atoms with E-state index in [4.69, 9.17) is 4.74 Å². The zero-order valence-corrected chi connectivity index (χ0v) is 11.0. The number of benzene rings is 1. The smallest absolute Gasteiger partial charge is 0.130 e. The van der Waals surface area contributed by atoms with Gasteiger partial charge in [-0.05, 0) is 37.6 Å². The molecule has 0 aromatic heterocycles. The standard InChI is InChI=1S/C14H20FNO2/c1-3-16-6-7-18-14-9-12(5-4-11(2)17)8-13(15)10-14/h8-10,16H,3-7H2,1-2H3. The number of carbonyl (C=O) groups excluding carboxylic acids is 1. The van der Waals surface area contributed by atoms with Crippen molar-refractivity contribution >= 4 is 5.78 Å². The summed E-state index contributed by atoms with van der Waals surface area (Å²) in [5, 5.41) is 3.12. The van der Waals surface area contributed by atoms with Gasteiger partial charge in [-0.3, -0.25) is 0 Å². The number of likely N-dealkylation sites (N-methyl/N-ethyl adjacent to an activating group) is 1. The normalized spacial score (nSPS) is 10.4. The predicted molar refractivity (Wildman–Crippen MR) is 69.4 cm³/mol. The van der Waals surface area contributed by atoms with Crippen LogP contribution in [0.15, 0.2) is 18.2 Å². The highest BCUT2D eigenvalue weighted by Gasteiger charge is 2.03. The van der Waals surface area contributed by atoms with E-state index in [1.807, 2.05) is 6.92 Å². The number of nitrogens with one attached hydrogen (secondary N) is 1. The van der Waals surface area contributed by atoms with Gasteiger partial charge in [0.15, 0.2) is 0 Å². The second-order valence-electron chi connectivity index (χ2n) is 4.20. The van der Waals surface area contributed by atoms with Gasteiger partial charge in [0.25, 0.3) is 0 Å². The molecule has 1 aromatic rings. The molecule has 1 rings (SSSR count). The Hall–Kier alpha value is -1.42. The topological polar surface area (TPSA) is 38.3 Å². The van der Waals surface area contributed by atoms with Crippen LogP contribution < -0.4 is 10.1 Å². The van der Waals surface area contributed by atoms with E-state index in [-0.39, 0.29) is 11.6 Å². The van der Waals surface area contributed by atoms with Crippen molar-refractivity contribution in [3.63, 3.8) is 0 Å². The molecule has 1 aromatic carbocycles. The van der Waals surface area contributed by atoms with Crippen LogP contribution in [0, 0.1) is 5.82 Å². The number of ether oxygens (including phenoxy) is 1. The molecule has 1 N–H and O–H groups in total. The average molecular weight is 253 g/mol. The molecule has 0 atom stereocenters. The lowest BCUT2D eigenvalue weighted by molar-refractivity contribution is -0.116. The van der Waals surface area contributed by atoms with Crippen LogP contribution in [0.3, 0.4) is 0 Å². The van der Waals surface area contributed by atoms with Gasteiger partial charge >= 0.3 is 0 Å². The SMILES string of the molecule is CCNCCOc1cc(F)cc(CCC(C)=O)c1. The van der Waals surface area contributed by atoms with Crippen molar-refractivity contribution in [1.29, 1.82) is 0 Å². The van der Waals surface area contributed by atoms with Crippen LogP contribution in [-0.2, 0) is 11.2 Å². The van der Waals surface area contributed by atoms with E-state index >= 15 is 0 Å². The Morgan fingerprint density at radius 1 is 1.39 bits per heavy atom. The number of halogens is 1. The molecule has 0 radical (unpaired) electrons. The number of aryl methyl sites for hydroxylation is 1. The Balaban J connectivity index is 2.54. The van der Waals surface area contributed by atoms with Gasteiger partial charge in [-0.15, -0.1) is 0 Å². The first-order chi connectivity index (χ1) is 8.61. The Bertz CT molecular complexity index is 393. The second kappa shape index (κ2) is 7.82. The van der Waals surface area contributed by atoms with Crippen molar-refractivity contribution in [3.8, 4) is 5.75 Å². The van der Waals surface area contributed by atoms with Gasteiger partial charge in [0.2, 0.25) is 0 Å². The fourth-order valence-corrected chi connectivity index (χ4v) is 1.59. The van der Waals surface area contributed by atoms with Gasteiger partial charge in [0.05, 0.1) is 0 Å². The molecule has 100 valence electrons. The lowest BCUT2D eigenvalue weighted by Crippen LogP contribution is -2.20. The van der Waals surface area contributed by atoms with Crippen LogP contribution >= 0.6 is 0 Å². The lowest BCUT2D eigenvalue weighted by Gasteiger charge is -2.08. The van der Waals surface area contributed by atoms with E-state index in [2.05, 4.69) is 5.32 Å². The van der Waals surface area contributed by atoms with Crippen LogP contribution in [0.4, 0.5) is 4.39 Å². The van der Waals surface area contributed by atoms with Gasteiger partial charge in [-0.25, -0.2) is 4.39 Å². The fourth-order valence-electron chi connectivity index (χ4n) is 1.59. The third kappa shape index (κ3) is 5.77. The number of rotatable bonds is 8. The van der Waals surface area contributed by atoms with Crippen LogP contribution in [0.5, 0.6) is 5.75 Å². The van der Waals surface area contributed by atoms with E-state index in [1.165, 1.54) is 19.1 Å². The first-order valence-corrected chi connectivity index (χ1v) is 6.24. The molecule has 0 bridgehead atoms. The first-order valence-electron chi connectivity index (χ1n) is 6.24. The van der Waals surface area contributed by atoms with Gasteiger partial charge in [0.1, 0.15) is 24.0 Å². The number of hydrogen-bond acceptors (Lipinski definition) is 3. The summed E-state index contributed by atoms with van der Waals surface area (Å²) in [6.07, 6.45) is 0.983. The molecule has 0 heterocycles. The summed E-state index contributed by atoms with van der Waals surface area (Å²) in [4.78, 5) is 10.9. The Labute approximate surface area is 107 Å². The summed E-state index contributed by atoms with van der Waals surface area (Å²) >= 11 is 0. The summed E-state index contributed by atoms with van der Waals surface area (Å²) in [6, 6.07) is 4.60. The molecule has 0 saturated heterocycles. The van der Waals surface area contributed by atoms with Crippen molar-refractivity contribution in [2.24, 2.45) is 0 Å². The van der Waals surface area contributed by atoms with E-state index < -0.39 is 0 Å². The zero-order valence-electron chi connectivity index (χ0n) is 11.0. The molecule has 18 heavy (non-hydrogen) atoms. The second-order valence-corrected chi connectivity index (χ2v) is 4.20. The molecule has 0 amide bonds. The molecule has 0 aliphatic rings. The summed E-state index contributed by atoms with van der Waals surface area (Å²) in [5.74, 6) is 0.301. The van der Waals surface area contributed by atoms with Gasteiger partial charge in [0, 0.05) is 19.0 Å². The van der Waals surface area contributed by atoms with Gasteiger partial charge in [-0.1, -0.05) is 6.92 Å². The zero-order chi connectivity index (χ0) is 13.4. The van der Waals surface area contributed by atoms with Crippen molar-refractivity contribution in [1.82, 2.24) is 5.32 Å². The van der Waals surface area contributed by atoms with Crippen LogP contribution in [0.2, 0.25) is 0 Å². The molecule has 0 fully saturated rings. The fraction of sp³-hybridized carbons (Fsp3) is 0.500. The van der Waals surface area contributed by atoms with Crippen LogP contribution in [0.1, 0.15) is 25.8 Å². The lowest BCUT2D eigenvalue weighted by atomic mass is 10.1. The largest absolute Gasteiger partial charge is 0.492 e. The van der Waals surface area contributed by atoms with Gasteiger partial charge in [-0.2, -0.15) is 0 Å². The van der Waals surface area contributed by atoms with Crippen LogP contribution in [-0.4, -0.2) is 25.5 Å². The minimum absolute atomic E-state index is 0.105. The minimum atomic E-state index is -0.325. The van der Waals surface area contributed by atoms with Gasteiger partial charge < -0.3 is 14.8 Å². The van der Waals surface area contributed by atoms with Crippen molar-refractivity contribution < 1.29 is 13.9 Å². The molecule has 0 saturated carbocycles. The highest BCUT2D eigenvalue weighted by atomic mass is 19.1. The number of hydrogen-bond donors (Lipinski definition) is 1. The molecule has 0 spiro atoms. The number of ketones is 1. The summed E-state index contributed by atoms with van der Waals surface area (Å²) in [5.41, 5.74) is 0.795. The number of Topliss-reactive ketones (excluding diaryl/α,β-unsaturated/α-hetero) is 1. The maximum atomic E-state index is 13.3. The quantitative estimate of drug-likeness (QED) is 0.723.